The molecule has 1 unspecified atom stereocenters. The molecule has 0 bridgehead atoms. The molecule has 0 fully saturated rings. The standard InChI is InChI=1S/C19H30O6S/c1-6-19(3,4)17-10-8-16(9-11-17)18(20)24-12-7-13-26(21,22)25-15(2)14-23-5/h8-11,15H,6-7,12-14H2,1-5H3. The molecular weight excluding hydrogens is 356 g/mol. The fourth-order valence-corrected chi connectivity index (χ4v) is 3.43. The van der Waals surface area contributed by atoms with E-state index in [2.05, 4.69) is 20.8 Å². The second-order valence-corrected chi connectivity index (χ2v) is 8.64. The van der Waals surface area contributed by atoms with Gasteiger partial charge >= 0.3 is 5.97 Å². The number of carbonyl (C=O) groups is 1. The average Bonchev–Trinajstić information content (AvgIpc) is 2.58. The quantitative estimate of drug-likeness (QED) is 0.330. The van der Waals surface area contributed by atoms with E-state index < -0.39 is 22.2 Å². The van der Waals surface area contributed by atoms with Crippen LogP contribution in [0.25, 0.3) is 0 Å². The summed E-state index contributed by atoms with van der Waals surface area (Å²) in [5, 5.41) is 0. The molecule has 0 N–H and O–H groups in total. The van der Waals surface area contributed by atoms with E-state index in [0.717, 1.165) is 12.0 Å². The smallest absolute Gasteiger partial charge is 0.338 e. The molecular formula is C19H30O6S. The Morgan fingerprint density at radius 3 is 2.35 bits per heavy atom. The van der Waals surface area contributed by atoms with Crippen LogP contribution in [0, 0.1) is 0 Å². The lowest BCUT2D eigenvalue weighted by molar-refractivity contribution is 0.0503. The Hall–Kier alpha value is -1.44. The largest absolute Gasteiger partial charge is 0.462 e. The predicted molar refractivity (Wildman–Crippen MR) is 101 cm³/mol. The van der Waals surface area contributed by atoms with Crippen molar-refractivity contribution in [1.29, 1.82) is 0 Å². The third-order valence-electron chi connectivity index (χ3n) is 4.27. The number of hydrogen-bond donors (Lipinski definition) is 0. The van der Waals surface area contributed by atoms with Crippen LogP contribution in [-0.2, 0) is 29.2 Å². The van der Waals surface area contributed by atoms with E-state index in [4.69, 9.17) is 13.7 Å². The maximum atomic E-state index is 12.0. The van der Waals surface area contributed by atoms with Gasteiger partial charge in [-0.2, -0.15) is 8.42 Å². The fourth-order valence-electron chi connectivity index (χ4n) is 2.31. The highest BCUT2D eigenvalue weighted by Gasteiger charge is 2.19. The summed E-state index contributed by atoms with van der Waals surface area (Å²) < 4.78 is 38.5. The molecule has 1 aromatic rings. The van der Waals surface area contributed by atoms with Crippen LogP contribution in [-0.4, -0.2) is 46.6 Å². The first kappa shape index (κ1) is 22.6. The minimum atomic E-state index is -3.66. The highest BCUT2D eigenvalue weighted by atomic mass is 32.2. The third kappa shape index (κ3) is 7.43. The Balaban J connectivity index is 2.45. The van der Waals surface area contributed by atoms with Crippen molar-refractivity contribution < 1.29 is 26.9 Å². The first-order valence-electron chi connectivity index (χ1n) is 8.79. The highest BCUT2D eigenvalue weighted by molar-refractivity contribution is 7.86. The summed E-state index contributed by atoms with van der Waals surface area (Å²) in [5.74, 6) is -0.672. The van der Waals surface area contributed by atoms with Crippen LogP contribution < -0.4 is 0 Å². The number of carbonyl (C=O) groups excluding carboxylic acids is 1. The van der Waals surface area contributed by atoms with Gasteiger partial charge < -0.3 is 9.47 Å². The molecule has 6 nitrogen and oxygen atoms in total. The van der Waals surface area contributed by atoms with Crippen molar-refractivity contribution in [2.45, 2.75) is 52.1 Å². The minimum Gasteiger partial charge on any atom is -0.462 e. The van der Waals surface area contributed by atoms with Crippen LogP contribution in [0.15, 0.2) is 24.3 Å². The van der Waals surface area contributed by atoms with Gasteiger partial charge in [0, 0.05) is 7.11 Å². The summed E-state index contributed by atoms with van der Waals surface area (Å²) in [6.45, 7) is 8.24. The van der Waals surface area contributed by atoms with Gasteiger partial charge in [-0.15, -0.1) is 0 Å². The Morgan fingerprint density at radius 1 is 1.19 bits per heavy atom. The van der Waals surface area contributed by atoms with Crippen LogP contribution in [0.4, 0.5) is 0 Å². The van der Waals surface area contributed by atoms with Gasteiger partial charge in [-0.05, 0) is 42.9 Å². The summed E-state index contributed by atoms with van der Waals surface area (Å²) in [7, 11) is -2.19. The number of rotatable bonds is 11. The Morgan fingerprint density at radius 2 is 1.81 bits per heavy atom. The number of esters is 1. The first-order valence-corrected chi connectivity index (χ1v) is 10.4. The average molecular weight is 387 g/mol. The maximum Gasteiger partial charge on any atom is 0.338 e. The van der Waals surface area contributed by atoms with E-state index in [-0.39, 0.29) is 30.8 Å². The zero-order valence-electron chi connectivity index (χ0n) is 16.3. The van der Waals surface area contributed by atoms with Gasteiger partial charge in [-0.3, -0.25) is 4.18 Å². The van der Waals surface area contributed by atoms with Gasteiger partial charge in [0.05, 0.1) is 30.6 Å². The SMILES string of the molecule is CCC(C)(C)c1ccc(C(=O)OCCCS(=O)(=O)OC(C)COC)cc1. The normalized spacial score (nSPS) is 13.4. The van der Waals surface area contributed by atoms with Gasteiger partial charge in [0.15, 0.2) is 0 Å². The molecule has 1 aromatic carbocycles. The fraction of sp³-hybridized carbons (Fsp3) is 0.632. The number of hydrogen-bond acceptors (Lipinski definition) is 6. The minimum absolute atomic E-state index is 0.0162. The van der Waals surface area contributed by atoms with E-state index in [9.17, 15) is 13.2 Å². The van der Waals surface area contributed by atoms with Crippen molar-refractivity contribution >= 4 is 16.1 Å². The lowest BCUT2D eigenvalue weighted by Gasteiger charge is -2.23. The molecule has 148 valence electrons. The maximum absolute atomic E-state index is 12.0. The number of ether oxygens (including phenoxy) is 2. The van der Waals surface area contributed by atoms with Crippen molar-refractivity contribution in [2.75, 3.05) is 26.1 Å². The van der Waals surface area contributed by atoms with Gasteiger partial charge in [0.1, 0.15) is 0 Å². The summed E-state index contributed by atoms with van der Waals surface area (Å²) in [4.78, 5) is 12.0. The van der Waals surface area contributed by atoms with Crippen LogP contribution >= 0.6 is 0 Å². The summed E-state index contributed by atoms with van der Waals surface area (Å²) in [5.41, 5.74) is 1.66. The molecule has 0 aliphatic heterocycles. The van der Waals surface area contributed by atoms with Crippen LogP contribution in [0.2, 0.25) is 0 Å². The molecule has 1 atom stereocenters. The van der Waals surface area contributed by atoms with Crippen molar-refractivity contribution in [3.05, 3.63) is 35.4 Å². The Labute approximate surface area is 157 Å². The molecule has 1 rings (SSSR count). The molecule has 0 amide bonds. The van der Waals surface area contributed by atoms with Crippen molar-refractivity contribution in [2.24, 2.45) is 0 Å². The van der Waals surface area contributed by atoms with E-state index in [1.54, 1.807) is 19.1 Å². The van der Waals surface area contributed by atoms with Crippen LogP contribution in [0.3, 0.4) is 0 Å². The van der Waals surface area contributed by atoms with E-state index in [1.807, 2.05) is 12.1 Å². The van der Waals surface area contributed by atoms with E-state index >= 15 is 0 Å². The monoisotopic (exact) mass is 386 g/mol. The topological polar surface area (TPSA) is 78.9 Å². The van der Waals surface area contributed by atoms with Gasteiger partial charge in [0.2, 0.25) is 0 Å². The number of methoxy groups -OCH3 is 1. The second-order valence-electron chi connectivity index (χ2n) is 6.93. The van der Waals surface area contributed by atoms with Crippen LogP contribution in [0.5, 0.6) is 0 Å². The Kier molecular flexibility index (Phi) is 8.73. The molecule has 0 saturated carbocycles. The molecule has 0 heterocycles. The first-order chi connectivity index (χ1) is 12.1. The van der Waals surface area contributed by atoms with Crippen molar-refractivity contribution in [1.82, 2.24) is 0 Å². The Bertz CT molecular complexity index is 664. The van der Waals surface area contributed by atoms with E-state index in [1.165, 1.54) is 7.11 Å². The summed E-state index contributed by atoms with van der Waals surface area (Å²) in [6.07, 6.45) is 0.629. The molecule has 0 aliphatic rings. The number of benzene rings is 1. The van der Waals surface area contributed by atoms with Gasteiger partial charge in [0.25, 0.3) is 10.1 Å². The predicted octanol–water partition coefficient (Wildman–Crippen LogP) is 3.30. The van der Waals surface area contributed by atoms with Gasteiger partial charge in [-0.1, -0.05) is 32.9 Å². The summed E-state index contributed by atoms with van der Waals surface area (Å²) >= 11 is 0. The van der Waals surface area contributed by atoms with E-state index in [0.29, 0.717) is 5.56 Å². The highest BCUT2D eigenvalue weighted by Crippen LogP contribution is 2.26. The lowest BCUT2D eigenvalue weighted by Crippen LogP contribution is -2.22. The second kappa shape index (κ2) is 10.0. The van der Waals surface area contributed by atoms with Crippen molar-refractivity contribution in [3.8, 4) is 0 Å². The molecule has 0 spiro atoms. The molecule has 0 aromatic heterocycles. The molecule has 0 aliphatic carbocycles. The molecule has 0 saturated heterocycles. The molecule has 0 radical (unpaired) electrons. The summed E-state index contributed by atoms with van der Waals surface area (Å²) in [6, 6.07) is 7.33. The zero-order chi connectivity index (χ0) is 19.8. The van der Waals surface area contributed by atoms with Gasteiger partial charge in [-0.25, -0.2) is 4.79 Å². The lowest BCUT2D eigenvalue weighted by atomic mass is 9.82. The van der Waals surface area contributed by atoms with Crippen LogP contribution in [0.1, 0.15) is 56.5 Å². The third-order valence-corrected chi connectivity index (χ3v) is 5.68. The zero-order valence-corrected chi connectivity index (χ0v) is 17.1. The molecule has 26 heavy (non-hydrogen) atoms. The molecule has 7 heteroatoms. The van der Waals surface area contributed by atoms with Crippen molar-refractivity contribution in [3.63, 3.8) is 0 Å².